The van der Waals surface area contributed by atoms with Crippen molar-refractivity contribution in [3.05, 3.63) is 65.7 Å². The number of carboxylic acids is 1. The molecule has 2 N–H and O–H groups in total. The third-order valence-corrected chi connectivity index (χ3v) is 7.21. The van der Waals surface area contributed by atoms with Crippen LogP contribution in [0.2, 0.25) is 0 Å². The lowest BCUT2D eigenvalue weighted by molar-refractivity contribution is -0.149. The standard InChI is InChI=1S/C31H44N2O5/c1-2-37-29(30(34)35)23-26-16-18-28(19-17-26)38-22-21-33(20-10-9-13-25-11-5-3-6-12-25)31(36)32-24-27-14-7-4-8-15-27/h4,7-8,14-19,25,29H,2-3,5-6,9-13,20-24H2,1H3,(H,32,36)(H,34,35). The van der Waals surface area contributed by atoms with Crippen molar-refractivity contribution in [2.75, 3.05) is 26.3 Å². The zero-order valence-electron chi connectivity index (χ0n) is 22.8. The maximum atomic E-state index is 13.0. The van der Waals surface area contributed by atoms with Crippen LogP contribution < -0.4 is 10.1 Å². The number of carboxylic acid groups (broad SMARTS) is 1. The molecule has 2 aromatic carbocycles. The lowest BCUT2D eigenvalue weighted by Gasteiger charge is -2.25. The number of nitrogens with one attached hydrogen (secondary N) is 1. The van der Waals surface area contributed by atoms with Crippen LogP contribution in [-0.2, 0) is 22.5 Å². The average molecular weight is 525 g/mol. The van der Waals surface area contributed by atoms with Gasteiger partial charge in [-0.2, -0.15) is 0 Å². The molecule has 7 heteroatoms. The molecule has 3 rings (SSSR count). The molecule has 0 bridgehead atoms. The van der Waals surface area contributed by atoms with Gasteiger partial charge in [-0.3, -0.25) is 0 Å². The van der Waals surface area contributed by atoms with E-state index in [1.54, 1.807) is 6.92 Å². The Morgan fingerprint density at radius 1 is 0.974 bits per heavy atom. The SMILES string of the molecule is CCOC(Cc1ccc(OCCN(CCCCC2CCCCC2)C(=O)NCc2ccccc2)cc1)C(=O)O. The summed E-state index contributed by atoms with van der Waals surface area (Å²) in [5.41, 5.74) is 1.95. The van der Waals surface area contributed by atoms with Crippen LogP contribution in [0.15, 0.2) is 54.6 Å². The van der Waals surface area contributed by atoms with E-state index in [9.17, 15) is 14.7 Å². The van der Waals surface area contributed by atoms with Gasteiger partial charge in [-0.1, -0.05) is 87.4 Å². The van der Waals surface area contributed by atoms with E-state index in [1.165, 1.54) is 38.5 Å². The number of carbonyl (C=O) groups is 2. The van der Waals surface area contributed by atoms with Gasteiger partial charge < -0.3 is 24.8 Å². The van der Waals surface area contributed by atoms with Crippen molar-refractivity contribution in [2.45, 2.75) is 77.4 Å². The summed E-state index contributed by atoms with van der Waals surface area (Å²) >= 11 is 0. The van der Waals surface area contributed by atoms with Crippen molar-refractivity contribution in [1.82, 2.24) is 10.2 Å². The molecule has 208 valence electrons. The largest absolute Gasteiger partial charge is 0.492 e. The predicted molar refractivity (Wildman–Crippen MR) is 149 cm³/mol. The van der Waals surface area contributed by atoms with E-state index >= 15 is 0 Å². The highest BCUT2D eigenvalue weighted by Crippen LogP contribution is 2.27. The molecule has 2 aromatic rings. The van der Waals surface area contributed by atoms with Crippen molar-refractivity contribution < 1.29 is 24.2 Å². The molecule has 0 aromatic heterocycles. The predicted octanol–water partition coefficient (Wildman–Crippen LogP) is 6.06. The number of benzene rings is 2. The molecule has 0 saturated heterocycles. The Morgan fingerprint density at radius 3 is 2.39 bits per heavy atom. The van der Waals surface area contributed by atoms with Gasteiger partial charge in [0.05, 0.1) is 6.54 Å². The van der Waals surface area contributed by atoms with Crippen LogP contribution in [-0.4, -0.2) is 54.4 Å². The number of unbranched alkanes of at least 4 members (excludes halogenated alkanes) is 1. The minimum Gasteiger partial charge on any atom is -0.492 e. The Balaban J connectivity index is 1.47. The van der Waals surface area contributed by atoms with Gasteiger partial charge in [0, 0.05) is 26.1 Å². The van der Waals surface area contributed by atoms with Crippen LogP contribution in [0.4, 0.5) is 4.79 Å². The van der Waals surface area contributed by atoms with Gasteiger partial charge in [0.15, 0.2) is 6.10 Å². The third-order valence-electron chi connectivity index (χ3n) is 7.21. The zero-order chi connectivity index (χ0) is 27.0. The Hall–Kier alpha value is -3.06. The Morgan fingerprint density at radius 2 is 1.71 bits per heavy atom. The number of ether oxygens (including phenoxy) is 2. The molecule has 0 heterocycles. The minimum atomic E-state index is -0.962. The number of hydrogen-bond donors (Lipinski definition) is 2. The molecule has 1 saturated carbocycles. The van der Waals surface area contributed by atoms with Gasteiger partial charge in [-0.15, -0.1) is 0 Å². The lowest BCUT2D eigenvalue weighted by atomic mass is 9.86. The van der Waals surface area contributed by atoms with Gasteiger partial charge in [-0.05, 0) is 42.5 Å². The first-order chi connectivity index (χ1) is 18.5. The average Bonchev–Trinajstić information content (AvgIpc) is 2.94. The minimum absolute atomic E-state index is 0.0684. The summed E-state index contributed by atoms with van der Waals surface area (Å²) in [4.78, 5) is 26.2. The van der Waals surface area contributed by atoms with Crippen LogP contribution in [0.3, 0.4) is 0 Å². The normalized spacial score (nSPS) is 14.6. The van der Waals surface area contributed by atoms with E-state index in [0.29, 0.717) is 45.0 Å². The topological polar surface area (TPSA) is 88.1 Å². The number of amides is 2. The highest BCUT2D eigenvalue weighted by Gasteiger charge is 2.18. The lowest BCUT2D eigenvalue weighted by Crippen LogP contribution is -2.42. The second kappa shape index (κ2) is 16.7. The Kier molecular flexibility index (Phi) is 13.0. The number of urea groups is 1. The summed E-state index contributed by atoms with van der Waals surface area (Å²) in [6, 6.07) is 17.3. The van der Waals surface area contributed by atoms with E-state index in [2.05, 4.69) is 5.32 Å². The van der Waals surface area contributed by atoms with Gasteiger partial charge in [0.25, 0.3) is 0 Å². The van der Waals surface area contributed by atoms with Crippen molar-refractivity contribution in [3.8, 4) is 5.75 Å². The molecule has 0 radical (unpaired) electrons. The van der Waals surface area contributed by atoms with E-state index < -0.39 is 12.1 Å². The van der Waals surface area contributed by atoms with Crippen molar-refractivity contribution >= 4 is 12.0 Å². The maximum Gasteiger partial charge on any atom is 0.333 e. The molecule has 0 aliphatic heterocycles. The molecule has 38 heavy (non-hydrogen) atoms. The quantitative estimate of drug-likeness (QED) is 0.261. The van der Waals surface area contributed by atoms with Gasteiger partial charge in [0.2, 0.25) is 0 Å². The molecule has 2 amide bonds. The van der Waals surface area contributed by atoms with Crippen LogP contribution in [0.25, 0.3) is 0 Å². The molecule has 7 nitrogen and oxygen atoms in total. The molecule has 1 fully saturated rings. The van der Waals surface area contributed by atoms with E-state index in [-0.39, 0.29) is 6.03 Å². The van der Waals surface area contributed by atoms with Crippen LogP contribution in [0, 0.1) is 5.92 Å². The van der Waals surface area contributed by atoms with Crippen LogP contribution >= 0.6 is 0 Å². The first-order valence-corrected chi connectivity index (χ1v) is 14.2. The Bertz CT molecular complexity index is 945. The Labute approximate surface area is 227 Å². The number of nitrogens with zero attached hydrogens (tertiary/aromatic N) is 1. The summed E-state index contributed by atoms with van der Waals surface area (Å²) in [7, 11) is 0. The van der Waals surface area contributed by atoms with Crippen LogP contribution in [0.5, 0.6) is 5.75 Å². The smallest absolute Gasteiger partial charge is 0.333 e. The molecule has 1 atom stereocenters. The first kappa shape index (κ1) is 29.5. The fourth-order valence-corrected chi connectivity index (χ4v) is 5.04. The third kappa shape index (κ3) is 10.7. The van der Waals surface area contributed by atoms with E-state index in [1.807, 2.05) is 59.5 Å². The second-order valence-corrected chi connectivity index (χ2v) is 10.1. The maximum absolute atomic E-state index is 13.0. The van der Waals surface area contributed by atoms with Crippen molar-refractivity contribution in [1.29, 1.82) is 0 Å². The van der Waals surface area contributed by atoms with Gasteiger partial charge in [-0.25, -0.2) is 9.59 Å². The first-order valence-electron chi connectivity index (χ1n) is 14.2. The second-order valence-electron chi connectivity index (χ2n) is 10.1. The zero-order valence-corrected chi connectivity index (χ0v) is 22.8. The monoisotopic (exact) mass is 524 g/mol. The molecular weight excluding hydrogens is 480 g/mol. The van der Waals surface area contributed by atoms with E-state index in [0.717, 1.165) is 29.9 Å². The summed E-state index contributed by atoms with van der Waals surface area (Å²) in [5.74, 6) is 0.588. The molecular formula is C31H44N2O5. The molecule has 1 aliphatic carbocycles. The highest BCUT2D eigenvalue weighted by molar-refractivity contribution is 5.74. The number of carbonyl (C=O) groups excluding carboxylic acids is 1. The summed E-state index contributed by atoms with van der Waals surface area (Å²) in [5, 5.41) is 12.3. The fourth-order valence-electron chi connectivity index (χ4n) is 5.04. The fraction of sp³-hybridized carbons (Fsp3) is 0.548. The molecule has 1 aliphatic rings. The van der Waals surface area contributed by atoms with Crippen molar-refractivity contribution in [2.24, 2.45) is 5.92 Å². The molecule has 1 unspecified atom stereocenters. The number of aliphatic carboxylic acids is 1. The van der Waals surface area contributed by atoms with Crippen molar-refractivity contribution in [3.63, 3.8) is 0 Å². The van der Waals surface area contributed by atoms with Gasteiger partial charge in [0.1, 0.15) is 12.4 Å². The highest BCUT2D eigenvalue weighted by atomic mass is 16.5. The number of rotatable bonds is 16. The van der Waals surface area contributed by atoms with Crippen LogP contribution in [0.1, 0.15) is 69.4 Å². The summed E-state index contributed by atoms with van der Waals surface area (Å²) < 4.78 is 11.2. The molecule has 0 spiro atoms. The summed E-state index contributed by atoms with van der Waals surface area (Å²) in [6.07, 6.45) is 9.68. The summed E-state index contributed by atoms with van der Waals surface area (Å²) in [6.45, 7) is 4.24. The van der Waals surface area contributed by atoms with Gasteiger partial charge >= 0.3 is 12.0 Å². The number of hydrogen-bond acceptors (Lipinski definition) is 4. The van der Waals surface area contributed by atoms with E-state index in [4.69, 9.17) is 9.47 Å².